The highest BCUT2D eigenvalue weighted by atomic mass is 16.5. The fourth-order valence-electron chi connectivity index (χ4n) is 1.33. The first-order valence-corrected chi connectivity index (χ1v) is 4.72. The topological polar surface area (TPSA) is 72.5 Å². The zero-order valence-corrected chi connectivity index (χ0v) is 8.32. The summed E-state index contributed by atoms with van der Waals surface area (Å²) in [6.07, 6.45) is 1.83. The molecule has 5 heteroatoms. The number of carbonyl (C=O) groups excluding carboxylic acids is 3. The highest BCUT2D eigenvalue weighted by Gasteiger charge is 2.29. The van der Waals surface area contributed by atoms with E-state index in [4.69, 9.17) is 4.74 Å². The van der Waals surface area contributed by atoms with Gasteiger partial charge in [0, 0.05) is 6.42 Å². The normalized spacial score (nSPS) is 19.9. The molecule has 0 saturated carbocycles. The minimum atomic E-state index is -0.520. The van der Waals surface area contributed by atoms with E-state index in [1.54, 1.807) is 0 Å². The Balaban J connectivity index is 2.25. The van der Waals surface area contributed by atoms with Gasteiger partial charge in [-0.05, 0) is 6.42 Å². The van der Waals surface area contributed by atoms with Gasteiger partial charge in [-0.25, -0.2) is 0 Å². The van der Waals surface area contributed by atoms with Crippen LogP contribution >= 0.6 is 0 Å². The van der Waals surface area contributed by atoms with Crippen molar-refractivity contribution < 1.29 is 19.1 Å². The molecular formula is C10H13NO4. The van der Waals surface area contributed by atoms with E-state index in [0.717, 1.165) is 0 Å². The number of hydrogen-bond acceptors (Lipinski definition) is 4. The molecule has 1 atom stereocenters. The summed E-state index contributed by atoms with van der Waals surface area (Å²) in [5, 5.41) is 2.50. The third-order valence-electron chi connectivity index (χ3n) is 2.06. The summed E-state index contributed by atoms with van der Waals surface area (Å²) in [7, 11) is 0. The third-order valence-corrected chi connectivity index (χ3v) is 2.06. The Kier molecular flexibility index (Phi) is 4.03. The van der Waals surface area contributed by atoms with Gasteiger partial charge >= 0.3 is 5.97 Å². The number of esters is 1. The van der Waals surface area contributed by atoms with Crippen LogP contribution in [-0.2, 0) is 19.1 Å². The second-order valence-electron chi connectivity index (χ2n) is 3.27. The van der Waals surface area contributed by atoms with Gasteiger partial charge in [-0.1, -0.05) is 12.7 Å². The Bertz CT molecular complexity index is 298. The number of nitrogens with one attached hydrogen (secondary N) is 1. The average Bonchev–Trinajstić information content (AvgIpc) is 2.51. The zero-order chi connectivity index (χ0) is 11.3. The van der Waals surface area contributed by atoms with Crippen molar-refractivity contribution in [2.24, 2.45) is 0 Å². The fraction of sp³-hybridized carbons (Fsp3) is 0.500. The molecule has 1 aliphatic rings. The summed E-state index contributed by atoms with van der Waals surface area (Å²) in [5.74, 6) is -0.815. The summed E-state index contributed by atoms with van der Waals surface area (Å²) < 4.78 is 4.73. The molecule has 82 valence electrons. The smallest absolute Gasteiger partial charge is 0.306 e. The van der Waals surface area contributed by atoms with Crippen LogP contribution in [0.1, 0.15) is 19.3 Å². The maximum atomic E-state index is 11.2. The van der Waals surface area contributed by atoms with Crippen molar-refractivity contribution in [3.8, 4) is 0 Å². The average molecular weight is 211 g/mol. The van der Waals surface area contributed by atoms with Crippen LogP contribution in [-0.4, -0.2) is 30.3 Å². The molecule has 15 heavy (non-hydrogen) atoms. The van der Waals surface area contributed by atoms with E-state index < -0.39 is 6.04 Å². The minimum absolute atomic E-state index is 0.0770. The van der Waals surface area contributed by atoms with E-state index in [9.17, 15) is 14.4 Å². The Morgan fingerprint density at radius 1 is 1.60 bits per heavy atom. The lowest BCUT2D eigenvalue weighted by Crippen LogP contribution is -2.29. The summed E-state index contributed by atoms with van der Waals surface area (Å²) in [5.41, 5.74) is 0. The first-order chi connectivity index (χ1) is 7.13. The molecule has 1 aliphatic heterocycles. The molecule has 1 heterocycles. The second-order valence-corrected chi connectivity index (χ2v) is 3.27. The van der Waals surface area contributed by atoms with Crippen LogP contribution in [0.3, 0.4) is 0 Å². The van der Waals surface area contributed by atoms with Gasteiger partial charge in [-0.3, -0.25) is 14.4 Å². The van der Waals surface area contributed by atoms with Crippen LogP contribution in [0, 0.1) is 0 Å². The number of ketones is 1. The van der Waals surface area contributed by atoms with Crippen LogP contribution in [0.25, 0.3) is 0 Å². The predicted octanol–water partition coefficient (Wildman–Crippen LogP) is -0.0466. The van der Waals surface area contributed by atoms with Gasteiger partial charge in [-0.2, -0.15) is 0 Å². The maximum Gasteiger partial charge on any atom is 0.306 e. The molecule has 1 rings (SSSR count). The van der Waals surface area contributed by atoms with Crippen molar-refractivity contribution in [1.29, 1.82) is 0 Å². The molecule has 0 aromatic heterocycles. The number of Topliss-reactive ketones (excluding diaryl/α,β-unsaturated/α-hetero) is 1. The quantitative estimate of drug-likeness (QED) is 0.393. The van der Waals surface area contributed by atoms with E-state index in [0.29, 0.717) is 6.42 Å². The van der Waals surface area contributed by atoms with Crippen molar-refractivity contribution in [3.05, 3.63) is 12.7 Å². The van der Waals surface area contributed by atoms with E-state index >= 15 is 0 Å². The third kappa shape index (κ3) is 3.53. The van der Waals surface area contributed by atoms with Gasteiger partial charge in [0.1, 0.15) is 6.61 Å². The maximum absolute atomic E-state index is 11.2. The molecule has 0 radical (unpaired) electrons. The number of amides is 1. The lowest BCUT2D eigenvalue weighted by molar-refractivity contribution is -0.142. The van der Waals surface area contributed by atoms with Gasteiger partial charge in [0.05, 0.1) is 12.5 Å². The number of hydrogen-bond donors (Lipinski definition) is 1. The van der Waals surface area contributed by atoms with Crippen molar-refractivity contribution >= 4 is 17.7 Å². The standard InChI is InChI=1S/C10H13NO4/c1-2-5-15-10(14)4-3-7-8(12)6-9(13)11-7/h2,7H,1,3-6H2,(H,11,13)/t7-/m0/s1. The highest BCUT2D eigenvalue weighted by molar-refractivity contribution is 6.07. The monoisotopic (exact) mass is 211 g/mol. The van der Waals surface area contributed by atoms with Crippen LogP contribution in [0.15, 0.2) is 12.7 Å². The summed E-state index contributed by atoms with van der Waals surface area (Å²) in [6.45, 7) is 3.57. The summed E-state index contributed by atoms with van der Waals surface area (Å²) in [6, 6.07) is -0.520. The minimum Gasteiger partial charge on any atom is -0.461 e. The first kappa shape index (κ1) is 11.4. The van der Waals surface area contributed by atoms with Crippen molar-refractivity contribution in [1.82, 2.24) is 5.32 Å². The molecule has 0 aromatic rings. The second kappa shape index (κ2) is 5.29. The van der Waals surface area contributed by atoms with Gasteiger partial charge in [0.25, 0.3) is 0 Å². The molecule has 0 unspecified atom stereocenters. The summed E-state index contributed by atoms with van der Waals surface area (Å²) in [4.78, 5) is 33.0. The van der Waals surface area contributed by atoms with Crippen molar-refractivity contribution in [2.45, 2.75) is 25.3 Å². The Hall–Kier alpha value is -1.65. The van der Waals surface area contributed by atoms with Crippen LogP contribution in [0.5, 0.6) is 0 Å². The van der Waals surface area contributed by atoms with E-state index in [-0.39, 0.29) is 37.1 Å². The largest absolute Gasteiger partial charge is 0.461 e. The van der Waals surface area contributed by atoms with E-state index in [2.05, 4.69) is 11.9 Å². The molecular weight excluding hydrogens is 198 g/mol. The van der Waals surface area contributed by atoms with Gasteiger partial charge in [0.2, 0.25) is 5.91 Å². The molecule has 1 fully saturated rings. The molecule has 0 aliphatic carbocycles. The van der Waals surface area contributed by atoms with Crippen LogP contribution in [0.2, 0.25) is 0 Å². The van der Waals surface area contributed by atoms with Gasteiger partial charge in [0.15, 0.2) is 5.78 Å². The fourth-order valence-corrected chi connectivity index (χ4v) is 1.33. The molecule has 0 aromatic carbocycles. The Labute approximate surface area is 87.5 Å². The number of carbonyl (C=O) groups is 3. The molecule has 0 spiro atoms. The van der Waals surface area contributed by atoms with Gasteiger partial charge in [-0.15, -0.1) is 0 Å². The molecule has 1 N–H and O–H groups in total. The molecule has 1 amide bonds. The number of ether oxygens (including phenoxy) is 1. The molecule has 0 bridgehead atoms. The predicted molar refractivity (Wildman–Crippen MR) is 51.9 cm³/mol. The number of rotatable bonds is 5. The Morgan fingerprint density at radius 2 is 2.33 bits per heavy atom. The zero-order valence-electron chi connectivity index (χ0n) is 8.32. The lowest BCUT2D eigenvalue weighted by atomic mass is 10.1. The highest BCUT2D eigenvalue weighted by Crippen LogP contribution is 2.08. The van der Waals surface area contributed by atoms with E-state index in [1.807, 2.05) is 0 Å². The van der Waals surface area contributed by atoms with Crippen LogP contribution < -0.4 is 5.32 Å². The van der Waals surface area contributed by atoms with Gasteiger partial charge < -0.3 is 10.1 Å². The molecule has 1 saturated heterocycles. The van der Waals surface area contributed by atoms with Crippen molar-refractivity contribution in [3.63, 3.8) is 0 Å². The SMILES string of the molecule is C=CCOC(=O)CC[C@@H]1NC(=O)CC1=O. The lowest BCUT2D eigenvalue weighted by Gasteiger charge is -2.07. The summed E-state index contributed by atoms with van der Waals surface area (Å²) >= 11 is 0. The van der Waals surface area contributed by atoms with Crippen LogP contribution in [0.4, 0.5) is 0 Å². The molecule has 5 nitrogen and oxygen atoms in total. The Morgan fingerprint density at radius 3 is 2.87 bits per heavy atom. The van der Waals surface area contributed by atoms with Crippen molar-refractivity contribution in [2.75, 3.05) is 6.61 Å². The first-order valence-electron chi connectivity index (χ1n) is 4.72. The van der Waals surface area contributed by atoms with E-state index in [1.165, 1.54) is 6.08 Å².